The summed E-state index contributed by atoms with van der Waals surface area (Å²) in [5, 5.41) is 12.9. The van der Waals surface area contributed by atoms with E-state index in [1.165, 1.54) is 19.4 Å². The summed E-state index contributed by atoms with van der Waals surface area (Å²) >= 11 is 5.89. The molecule has 2 aliphatic rings. The number of piperidine rings is 1. The van der Waals surface area contributed by atoms with Gasteiger partial charge in [0.2, 0.25) is 0 Å². The third-order valence-electron chi connectivity index (χ3n) is 4.39. The van der Waals surface area contributed by atoms with Gasteiger partial charge in [0.1, 0.15) is 0 Å². The van der Waals surface area contributed by atoms with Gasteiger partial charge in [-0.2, -0.15) is 0 Å². The second-order valence-electron chi connectivity index (χ2n) is 5.70. The molecule has 2 fully saturated rings. The number of carbonyl (C=O) groups is 1. The molecule has 2 atom stereocenters. The molecule has 5 heteroatoms. The molecule has 4 nitrogen and oxygen atoms in total. The van der Waals surface area contributed by atoms with E-state index in [1.54, 1.807) is 12.1 Å². The van der Waals surface area contributed by atoms with E-state index in [9.17, 15) is 4.79 Å². The molecule has 108 valence electrons. The molecular weight excluding hydrogens is 276 g/mol. The quantitative estimate of drug-likeness (QED) is 0.899. The molecule has 1 aromatic rings. The summed E-state index contributed by atoms with van der Waals surface area (Å²) in [6, 6.07) is 6.27. The first-order valence-electron chi connectivity index (χ1n) is 7.17. The number of nitrogens with zero attached hydrogens (tertiary/aromatic N) is 1. The zero-order valence-corrected chi connectivity index (χ0v) is 12.1. The monoisotopic (exact) mass is 294 g/mol. The highest BCUT2D eigenvalue weighted by atomic mass is 35.5. The Kier molecular flexibility index (Phi) is 3.85. The Morgan fingerprint density at radius 3 is 3.00 bits per heavy atom. The number of carboxylic acids is 1. The van der Waals surface area contributed by atoms with Crippen molar-refractivity contribution in [3.05, 3.63) is 28.8 Å². The van der Waals surface area contributed by atoms with E-state index in [2.05, 4.69) is 10.2 Å². The van der Waals surface area contributed by atoms with Crippen LogP contribution < -0.4 is 5.32 Å². The summed E-state index contributed by atoms with van der Waals surface area (Å²) in [7, 11) is 0. The van der Waals surface area contributed by atoms with Crippen molar-refractivity contribution in [2.45, 2.75) is 37.8 Å². The van der Waals surface area contributed by atoms with Gasteiger partial charge in [-0.15, -0.1) is 0 Å². The molecule has 2 N–H and O–H groups in total. The number of aromatic carboxylic acids is 1. The number of benzene rings is 1. The Morgan fingerprint density at radius 2 is 2.20 bits per heavy atom. The van der Waals surface area contributed by atoms with Crippen molar-refractivity contribution < 1.29 is 9.90 Å². The number of hydrogen-bond acceptors (Lipinski definition) is 3. The SMILES string of the molecule is O=C(O)c1cc(NC2CCN3CCCC3C2)ccc1Cl. The van der Waals surface area contributed by atoms with Crippen molar-refractivity contribution >= 4 is 23.3 Å². The highest BCUT2D eigenvalue weighted by molar-refractivity contribution is 6.33. The first-order chi connectivity index (χ1) is 9.63. The number of carboxylic acid groups (broad SMARTS) is 1. The topological polar surface area (TPSA) is 52.6 Å². The Morgan fingerprint density at radius 1 is 1.35 bits per heavy atom. The van der Waals surface area contributed by atoms with Crippen LogP contribution in [0.15, 0.2) is 18.2 Å². The Hall–Kier alpha value is -1.26. The van der Waals surface area contributed by atoms with Gasteiger partial charge < -0.3 is 15.3 Å². The van der Waals surface area contributed by atoms with Crippen LogP contribution in [0, 0.1) is 0 Å². The van der Waals surface area contributed by atoms with Crippen molar-refractivity contribution in [3.63, 3.8) is 0 Å². The second-order valence-corrected chi connectivity index (χ2v) is 6.10. The Balaban J connectivity index is 1.68. The van der Waals surface area contributed by atoms with Crippen LogP contribution in [-0.4, -0.2) is 41.1 Å². The van der Waals surface area contributed by atoms with E-state index in [-0.39, 0.29) is 10.6 Å². The molecule has 0 aliphatic carbocycles. The normalized spacial score (nSPS) is 26.2. The van der Waals surface area contributed by atoms with Crippen LogP contribution in [0.4, 0.5) is 5.69 Å². The maximum atomic E-state index is 11.1. The van der Waals surface area contributed by atoms with Gasteiger partial charge >= 0.3 is 5.97 Å². The predicted octanol–water partition coefficient (Wildman–Crippen LogP) is 3.08. The first kappa shape index (κ1) is 13.7. The largest absolute Gasteiger partial charge is 0.478 e. The third-order valence-corrected chi connectivity index (χ3v) is 4.72. The van der Waals surface area contributed by atoms with E-state index < -0.39 is 5.97 Å². The first-order valence-corrected chi connectivity index (χ1v) is 7.55. The summed E-state index contributed by atoms with van der Waals surface area (Å²) in [6.45, 7) is 2.38. The van der Waals surface area contributed by atoms with Crippen molar-refractivity contribution in [2.24, 2.45) is 0 Å². The van der Waals surface area contributed by atoms with Gasteiger partial charge in [0.25, 0.3) is 0 Å². The summed E-state index contributed by atoms with van der Waals surface area (Å²) < 4.78 is 0. The van der Waals surface area contributed by atoms with Crippen molar-refractivity contribution in [3.8, 4) is 0 Å². The van der Waals surface area contributed by atoms with Gasteiger partial charge in [0, 0.05) is 24.3 Å². The van der Waals surface area contributed by atoms with E-state index in [0.717, 1.165) is 25.1 Å². The molecule has 1 aromatic carbocycles. The number of anilines is 1. The van der Waals surface area contributed by atoms with Crippen LogP contribution in [0.3, 0.4) is 0 Å². The minimum Gasteiger partial charge on any atom is -0.478 e. The molecule has 2 aliphatic heterocycles. The predicted molar refractivity (Wildman–Crippen MR) is 79.7 cm³/mol. The minimum absolute atomic E-state index is 0.162. The zero-order chi connectivity index (χ0) is 14.1. The second kappa shape index (κ2) is 5.62. The summed E-state index contributed by atoms with van der Waals surface area (Å²) in [6.07, 6.45) is 4.85. The van der Waals surface area contributed by atoms with E-state index in [1.807, 2.05) is 6.07 Å². The lowest BCUT2D eigenvalue weighted by atomic mass is 9.97. The number of halogens is 1. The van der Waals surface area contributed by atoms with Gasteiger partial charge in [-0.25, -0.2) is 4.79 Å². The zero-order valence-electron chi connectivity index (χ0n) is 11.3. The molecule has 20 heavy (non-hydrogen) atoms. The molecule has 0 spiro atoms. The van der Waals surface area contributed by atoms with Crippen molar-refractivity contribution in [1.82, 2.24) is 4.90 Å². The van der Waals surface area contributed by atoms with Crippen LogP contribution in [-0.2, 0) is 0 Å². The van der Waals surface area contributed by atoms with Gasteiger partial charge in [-0.1, -0.05) is 11.6 Å². The van der Waals surface area contributed by atoms with E-state index in [0.29, 0.717) is 12.1 Å². The standard InChI is InChI=1S/C15H19ClN2O2/c16-14-4-3-10(9-13(14)15(19)20)17-11-5-7-18-6-1-2-12(18)8-11/h3-4,9,11-12,17H,1-2,5-8H2,(H,19,20). The third kappa shape index (κ3) is 2.76. The van der Waals surface area contributed by atoms with Gasteiger partial charge in [-0.3, -0.25) is 0 Å². The van der Waals surface area contributed by atoms with Crippen molar-refractivity contribution in [2.75, 3.05) is 18.4 Å². The average molecular weight is 295 g/mol. The fourth-order valence-electron chi connectivity index (χ4n) is 3.37. The minimum atomic E-state index is -0.982. The fraction of sp³-hybridized carbons (Fsp3) is 0.533. The van der Waals surface area contributed by atoms with Crippen LogP contribution in [0.25, 0.3) is 0 Å². The summed E-state index contributed by atoms with van der Waals surface area (Å²) in [4.78, 5) is 13.7. The Bertz CT molecular complexity index is 521. The van der Waals surface area contributed by atoms with Gasteiger partial charge in [0.15, 0.2) is 0 Å². The highest BCUT2D eigenvalue weighted by Gasteiger charge is 2.31. The molecule has 2 saturated heterocycles. The van der Waals surface area contributed by atoms with Gasteiger partial charge in [0.05, 0.1) is 10.6 Å². The molecule has 0 radical (unpaired) electrons. The number of rotatable bonds is 3. The van der Waals surface area contributed by atoms with Crippen LogP contribution in [0.5, 0.6) is 0 Å². The lowest BCUT2D eigenvalue weighted by Gasteiger charge is -2.35. The van der Waals surface area contributed by atoms with Gasteiger partial charge in [-0.05, 0) is 50.4 Å². The number of nitrogens with one attached hydrogen (secondary N) is 1. The smallest absolute Gasteiger partial charge is 0.337 e. The lowest BCUT2D eigenvalue weighted by Crippen LogP contribution is -2.42. The van der Waals surface area contributed by atoms with Crippen LogP contribution in [0.2, 0.25) is 5.02 Å². The fourth-order valence-corrected chi connectivity index (χ4v) is 3.57. The van der Waals surface area contributed by atoms with E-state index in [4.69, 9.17) is 16.7 Å². The number of hydrogen-bond donors (Lipinski definition) is 2. The highest BCUT2D eigenvalue weighted by Crippen LogP contribution is 2.29. The van der Waals surface area contributed by atoms with Crippen LogP contribution >= 0.6 is 11.6 Å². The molecule has 0 aromatic heterocycles. The number of fused-ring (bicyclic) bond motifs is 1. The molecule has 2 heterocycles. The van der Waals surface area contributed by atoms with E-state index >= 15 is 0 Å². The molecule has 2 unspecified atom stereocenters. The molecule has 0 amide bonds. The molecular formula is C15H19ClN2O2. The van der Waals surface area contributed by atoms with Crippen LogP contribution in [0.1, 0.15) is 36.0 Å². The lowest BCUT2D eigenvalue weighted by molar-refractivity contribution is 0.0697. The maximum absolute atomic E-state index is 11.1. The average Bonchev–Trinajstić information content (AvgIpc) is 2.88. The van der Waals surface area contributed by atoms with Crippen molar-refractivity contribution in [1.29, 1.82) is 0 Å². The molecule has 0 saturated carbocycles. The summed E-state index contributed by atoms with van der Waals surface area (Å²) in [5.41, 5.74) is 1.01. The molecule has 0 bridgehead atoms. The summed E-state index contributed by atoms with van der Waals surface area (Å²) in [5.74, 6) is -0.982. The Labute approximate surface area is 123 Å². The maximum Gasteiger partial charge on any atom is 0.337 e. The molecule has 3 rings (SSSR count).